The van der Waals surface area contributed by atoms with E-state index in [1.807, 2.05) is 0 Å². The highest BCUT2D eigenvalue weighted by atomic mass is 32.2. The minimum atomic E-state index is -4.08. The third-order valence-corrected chi connectivity index (χ3v) is 4.37. The number of benzene rings is 2. The summed E-state index contributed by atoms with van der Waals surface area (Å²) >= 11 is 0. The maximum Gasteiger partial charge on any atom is 0.338 e. The van der Waals surface area contributed by atoms with Crippen LogP contribution in [0.4, 0.5) is 10.1 Å². The number of nitrogens with one attached hydrogen (secondary N) is 1. The number of hydrogen-bond donors (Lipinski definition) is 2. The number of sulfonamides is 1. The Hall–Kier alpha value is -2.61. The summed E-state index contributed by atoms with van der Waals surface area (Å²) in [6, 6.07) is 8.04. The van der Waals surface area contributed by atoms with Crippen molar-refractivity contribution in [2.45, 2.75) is 31.3 Å². The lowest BCUT2D eigenvalue weighted by atomic mass is 10.2. The van der Waals surface area contributed by atoms with Gasteiger partial charge in [-0.2, -0.15) is 0 Å². The lowest BCUT2D eigenvalue weighted by Gasteiger charge is -2.19. The van der Waals surface area contributed by atoms with Crippen LogP contribution in [0.1, 0.15) is 31.1 Å². The van der Waals surface area contributed by atoms with Gasteiger partial charge in [-0.25, -0.2) is 17.6 Å². The number of ether oxygens (including phenoxy) is 1. The standard InChI is InChI=1S/C17H18FNO5S/c1-17(2,3)24-16(21)11-4-7-13(8-5-11)25(22,23)19-15-10-12(20)6-9-14(15)18/h4-10,19-20H,1-3H3. The number of anilines is 1. The Morgan fingerprint density at radius 2 is 1.72 bits per heavy atom. The highest BCUT2D eigenvalue weighted by Gasteiger charge is 2.20. The van der Waals surface area contributed by atoms with Crippen LogP contribution in [-0.4, -0.2) is 25.1 Å². The van der Waals surface area contributed by atoms with E-state index in [1.165, 1.54) is 24.3 Å². The number of carbonyl (C=O) groups excluding carboxylic acids is 1. The number of phenolic OH excluding ortho intramolecular Hbond substituents is 1. The molecule has 0 aliphatic heterocycles. The number of phenols is 1. The van der Waals surface area contributed by atoms with Gasteiger partial charge in [0.2, 0.25) is 0 Å². The molecular formula is C17H18FNO5S. The van der Waals surface area contributed by atoms with Crippen molar-refractivity contribution in [3.8, 4) is 5.75 Å². The zero-order chi connectivity index (χ0) is 18.8. The van der Waals surface area contributed by atoms with Gasteiger partial charge >= 0.3 is 5.97 Å². The van der Waals surface area contributed by atoms with Crippen molar-refractivity contribution in [3.63, 3.8) is 0 Å². The first-order valence-corrected chi connectivity index (χ1v) is 8.81. The van der Waals surface area contributed by atoms with Crippen molar-refractivity contribution in [1.29, 1.82) is 0 Å². The predicted molar refractivity (Wildman–Crippen MR) is 90.5 cm³/mol. The van der Waals surface area contributed by atoms with Gasteiger partial charge in [0.15, 0.2) is 0 Å². The van der Waals surface area contributed by atoms with Crippen LogP contribution in [0, 0.1) is 5.82 Å². The summed E-state index contributed by atoms with van der Waals surface area (Å²) in [6.45, 7) is 5.16. The highest BCUT2D eigenvalue weighted by molar-refractivity contribution is 7.92. The predicted octanol–water partition coefficient (Wildman–Crippen LogP) is 3.29. The van der Waals surface area contributed by atoms with Crippen molar-refractivity contribution in [2.75, 3.05) is 4.72 Å². The summed E-state index contributed by atoms with van der Waals surface area (Å²) in [5.74, 6) is -1.69. The number of esters is 1. The monoisotopic (exact) mass is 367 g/mol. The molecule has 0 aliphatic rings. The second-order valence-electron chi connectivity index (χ2n) is 6.30. The minimum Gasteiger partial charge on any atom is -0.508 e. The fraction of sp³-hybridized carbons (Fsp3) is 0.235. The van der Waals surface area contributed by atoms with Gasteiger partial charge in [-0.15, -0.1) is 0 Å². The Morgan fingerprint density at radius 3 is 2.28 bits per heavy atom. The topological polar surface area (TPSA) is 92.7 Å². The van der Waals surface area contributed by atoms with Gasteiger partial charge in [-0.3, -0.25) is 4.72 Å². The number of halogens is 1. The van der Waals surface area contributed by atoms with Crippen molar-refractivity contribution in [3.05, 3.63) is 53.8 Å². The van der Waals surface area contributed by atoms with E-state index in [9.17, 15) is 22.7 Å². The van der Waals surface area contributed by atoms with Crippen molar-refractivity contribution in [1.82, 2.24) is 0 Å². The van der Waals surface area contributed by atoms with Gasteiger partial charge in [0.1, 0.15) is 17.2 Å². The molecule has 0 saturated heterocycles. The second kappa shape index (κ2) is 6.72. The molecule has 0 spiro atoms. The Bertz CT molecular complexity index is 886. The Balaban J connectivity index is 2.23. The molecular weight excluding hydrogens is 349 g/mol. The lowest BCUT2D eigenvalue weighted by molar-refractivity contribution is 0.00694. The normalized spacial score (nSPS) is 11.8. The molecule has 0 bridgehead atoms. The SMILES string of the molecule is CC(C)(C)OC(=O)c1ccc(S(=O)(=O)Nc2cc(O)ccc2F)cc1. The number of hydrogen-bond acceptors (Lipinski definition) is 5. The van der Waals surface area contributed by atoms with Crippen molar-refractivity contribution < 1.29 is 27.4 Å². The first-order chi connectivity index (χ1) is 11.5. The number of carbonyl (C=O) groups is 1. The van der Waals surface area contributed by atoms with Crippen molar-refractivity contribution >= 4 is 21.7 Å². The number of aromatic hydroxyl groups is 1. The van der Waals surface area contributed by atoms with E-state index >= 15 is 0 Å². The minimum absolute atomic E-state index is 0.164. The molecule has 0 saturated carbocycles. The van der Waals surface area contributed by atoms with Gasteiger partial charge < -0.3 is 9.84 Å². The largest absolute Gasteiger partial charge is 0.508 e. The maximum absolute atomic E-state index is 13.6. The molecule has 2 aromatic rings. The van der Waals surface area contributed by atoms with Gasteiger partial charge in [-0.05, 0) is 57.2 Å². The molecule has 134 valence electrons. The molecule has 2 rings (SSSR count). The molecule has 0 aliphatic carbocycles. The van der Waals surface area contributed by atoms with Gasteiger partial charge in [0.25, 0.3) is 10.0 Å². The molecule has 8 heteroatoms. The van der Waals surface area contributed by atoms with Crippen LogP contribution in [0.5, 0.6) is 5.75 Å². The summed E-state index contributed by atoms with van der Waals surface area (Å²) in [5, 5.41) is 9.34. The molecule has 0 fully saturated rings. The van der Waals surface area contributed by atoms with Crippen LogP contribution in [0.25, 0.3) is 0 Å². The molecule has 2 aromatic carbocycles. The van der Waals surface area contributed by atoms with E-state index in [-0.39, 0.29) is 21.9 Å². The first-order valence-electron chi connectivity index (χ1n) is 7.33. The molecule has 25 heavy (non-hydrogen) atoms. The van der Waals surface area contributed by atoms with Crippen LogP contribution < -0.4 is 4.72 Å². The van der Waals surface area contributed by atoms with E-state index in [1.54, 1.807) is 20.8 Å². The van der Waals surface area contributed by atoms with E-state index < -0.39 is 27.4 Å². The van der Waals surface area contributed by atoms with Gasteiger partial charge in [0, 0.05) is 6.07 Å². The maximum atomic E-state index is 13.6. The zero-order valence-corrected chi connectivity index (χ0v) is 14.7. The Morgan fingerprint density at radius 1 is 1.12 bits per heavy atom. The smallest absolute Gasteiger partial charge is 0.338 e. The Kier molecular flexibility index (Phi) is 5.03. The van der Waals surface area contributed by atoms with Gasteiger partial charge in [0.05, 0.1) is 16.1 Å². The molecule has 0 heterocycles. The number of rotatable bonds is 4. The van der Waals surface area contributed by atoms with Crippen LogP contribution in [0.15, 0.2) is 47.4 Å². The third kappa shape index (κ3) is 4.93. The van der Waals surface area contributed by atoms with Gasteiger partial charge in [-0.1, -0.05) is 0 Å². The summed E-state index contributed by atoms with van der Waals surface area (Å²) in [7, 11) is -4.08. The molecule has 6 nitrogen and oxygen atoms in total. The fourth-order valence-corrected chi connectivity index (χ4v) is 2.96. The molecule has 0 unspecified atom stereocenters. The van der Waals surface area contributed by atoms with E-state index in [0.717, 1.165) is 18.2 Å². The van der Waals surface area contributed by atoms with Crippen LogP contribution in [0.2, 0.25) is 0 Å². The van der Waals surface area contributed by atoms with Crippen LogP contribution >= 0.6 is 0 Å². The average molecular weight is 367 g/mol. The third-order valence-electron chi connectivity index (χ3n) is 2.99. The van der Waals surface area contributed by atoms with E-state index in [4.69, 9.17) is 4.74 Å². The van der Waals surface area contributed by atoms with E-state index in [2.05, 4.69) is 4.72 Å². The van der Waals surface area contributed by atoms with Crippen LogP contribution in [0.3, 0.4) is 0 Å². The average Bonchev–Trinajstić information content (AvgIpc) is 2.49. The van der Waals surface area contributed by atoms with Crippen molar-refractivity contribution in [2.24, 2.45) is 0 Å². The highest BCUT2D eigenvalue weighted by Crippen LogP contribution is 2.23. The molecule has 0 atom stereocenters. The fourth-order valence-electron chi connectivity index (χ4n) is 1.90. The summed E-state index contributed by atoms with van der Waals surface area (Å²) in [6.07, 6.45) is 0. The summed E-state index contributed by atoms with van der Waals surface area (Å²) in [5.41, 5.74) is -0.857. The second-order valence-corrected chi connectivity index (χ2v) is 7.98. The van der Waals surface area contributed by atoms with E-state index in [0.29, 0.717) is 0 Å². The zero-order valence-electron chi connectivity index (χ0n) is 13.9. The molecule has 0 radical (unpaired) electrons. The molecule has 2 N–H and O–H groups in total. The summed E-state index contributed by atoms with van der Waals surface area (Å²) < 4.78 is 45.5. The molecule has 0 amide bonds. The van der Waals surface area contributed by atoms with Crippen LogP contribution in [-0.2, 0) is 14.8 Å². The molecule has 0 aromatic heterocycles. The Labute approximate surface area is 145 Å². The lowest BCUT2D eigenvalue weighted by Crippen LogP contribution is -2.24. The summed E-state index contributed by atoms with van der Waals surface area (Å²) in [4.78, 5) is 11.8. The quantitative estimate of drug-likeness (QED) is 0.809. The first kappa shape index (κ1) is 18.7.